The van der Waals surface area contributed by atoms with Crippen LogP contribution >= 0.6 is 11.8 Å². The molecule has 0 saturated carbocycles. The van der Waals surface area contributed by atoms with Crippen LogP contribution in [0, 0.1) is 0 Å². The van der Waals surface area contributed by atoms with Crippen molar-refractivity contribution in [3.63, 3.8) is 0 Å². The van der Waals surface area contributed by atoms with Crippen molar-refractivity contribution in [2.75, 3.05) is 39.6 Å². The minimum absolute atomic E-state index is 0.198. The third-order valence-electron chi connectivity index (χ3n) is 3.40. The van der Waals surface area contributed by atoms with E-state index in [2.05, 4.69) is 18.9 Å². The highest BCUT2D eigenvalue weighted by molar-refractivity contribution is 8.00. The molecule has 2 unspecified atom stereocenters. The lowest BCUT2D eigenvalue weighted by atomic mass is 9.91. The molecule has 4 heteroatoms. The standard InChI is InChI=1S/C10H22N2OS/c1-9-10(8-11,4-7-14-9)12(2)5-6-13-3/h9H,4-8,11H2,1-3H3. The molecular weight excluding hydrogens is 196 g/mol. The third kappa shape index (κ3) is 2.24. The molecule has 0 spiro atoms. The van der Waals surface area contributed by atoms with E-state index in [9.17, 15) is 0 Å². The SMILES string of the molecule is COCCN(C)C1(CN)CCSC1C. The lowest BCUT2D eigenvalue weighted by Gasteiger charge is -2.40. The molecule has 2 N–H and O–H groups in total. The van der Waals surface area contributed by atoms with Gasteiger partial charge in [0.25, 0.3) is 0 Å². The van der Waals surface area contributed by atoms with Crippen LogP contribution in [-0.4, -0.2) is 55.3 Å². The molecule has 1 rings (SSSR count). The van der Waals surface area contributed by atoms with Gasteiger partial charge < -0.3 is 10.5 Å². The Morgan fingerprint density at radius 2 is 2.36 bits per heavy atom. The smallest absolute Gasteiger partial charge is 0.0589 e. The van der Waals surface area contributed by atoms with Crippen LogP contribution in [0.15, 0.2) is 0 Å². The average Bonchev–Trinajstić information content (AvgIpc) is 2.57. The minimum atomic E-state index is 0.198. The van der Waals surface area contributed by atoms with E-state index in [1.54, 1.807) is 7.11 Å². The van der Waals surface area contributed by atoms with Crippen molar-refractivity contribution in [2.45, 2.75) is 24.1 Å². The maximum absolute atomic E-state index is 5.94. The molecule has 1 aliphatic heterocycles. The van der Waals surface area contributed by atoms with E-state index in [0.717, 1.165) is 19.7 Å². The number of nitrogens with zero attached hydrogens (tertiary/aromatic N) is 1. The number of likely N-dealkylation sites (N-methyl/N-ethyl adjacent to an activating group) is 1. The zero-order valence-electron chi connectivity index (χ0n) is 9.45. The van der Waals surface area contributed by atoms with Gasteiger partial charge >= 0.3 is 0 Å². The normalized spacial score (nSPS) is 32.8. The van der Waals surface area contributed by atoms with Gasteiger partial charge in [-0.05, 0) is 19.2 Å². The molecule has 0 radical (unpaired) electrons. The van der Waals surface area contributed by atoms with Crippen molar-refractivity contribution in [1.82, 2.24) is 4.90 Å². The number of nitrogens with two attached hydrogens (primary N) is 1. The summed E-state index contributed by atoms with van der Waals surface area (Å²) in [4.78, 5) is 2.38. The van der Waals surface area contributed by atoms with Gasteiger partial charge in [-0.15, -0.1) is 0 Å². The van der Waals surface area contributed by atoms with E-state index in [1.165, 1.54) is 12.2 Å². The fourth-order valence-electron chi connectivity index (χ4n) is 2.15. The number of rotatable bonds is 5. The van der Waals surface area contributed by atoms with Crippen LogP contribution in [0.25, 0.3) is 0 Å². The van der Waals surface area contributed by atoms with Gasteiger partial charge in [0.2, 0.25) is 0 Å². The van der Waals surface area contributed by atoms with Crippen LogP contribution in [-0.2, 0) is 4.74 Å². The molecule has 2 atom stereocenters. The zero-order chi connectivity index (χ0) is 10.6. The number of ether oxygens (including phenoxy) is 1. The van der Waals surface area contributed by atoms with Gasteiger partial charge in [0, 0.05) is 31.0 Å². The highest BCUT2D eigenvalue weighted by atomic mass is 32.2. The van der Waals surface area contributed by atoms with E-state index >= 15 is 0 Å². The maximum Gasteiger partial charge on any atom is 0.0589 e. The summed E-state index contributed by atoms with van der Waals surface area (Å²) >= 11 is 2.03. The first-order chi connectivity index (χ1) is 6.67. The second-order valence-electron chi connectivity index (χ2n) is 3.99. The molecule has 0 aromatic rings. The Hall–Kier alpha value is 0.230. The molecule has 1 fully saturated rings. The van der Waals surface area contributed by atoms with Gasteiger partial charge in [-0.2, -0.15) is 11.8 Å². The van der Waals surface area contributed by atoms with Gasteiger partial charge in [-0.3, -0.25) is 4.90 Å². The highest BCUT2D eigenvalue weighted by Gasteiger charge is 2.42. The summed E-state index contributed by atoms with van der Waals surface area (Å²) in [7, 11) is 3.91. The Balaban J connectivity index is 2.58. The van der Waals surface area contributed by atoms with Gasteiger partial charge in [0.05, 0.1) is 6.61 Å². The molecule has 1 saturated heterocycles. The Labute approximate surface area is 91.4 Å². The number of hydrogen-bond donors (Lipinski definition) is 1. The molecule has 0 amide bonds. The third-order valence-corrected chi connectivity index (χ3v) is 4.78. The second kappa shape index (κ2) is 5.35. The monoisotopic (exact) mass is 218 g/mol. The number of hydrogen-bond acceptors (Lipinski definition) is 4. The number of methoxy groups -OCH3 is 1. The Morgan fingerprint density at radius 1 is 1.64 bits per heavy atom. The summed E-state index contributed by atoms with van der Waals surface area (Å²) in [5.41, 5.74) is 6.13. The van der Waals surface area contributed by atoms with Gasteiger partial charge in [0.15, 0.2) is 0 Å². The fraction of sp³-hybridized carbons (Fsp3) is 1.00. The lowest BCUT2D eigenvalue weighted by molar-refractivity contribution is 0.0858. The first kappa shape index (κ1) is 12.3. The maximum atomic E-state index is 5.94. The first-order valence-corrected chi connectivity index (χ1v) is 6.24. The Morgan fingerprint density at radius 3 is 2.79 bits per heavy atom. The van der Waals surface area contributed by atoms with Crippen molar-refractivity contribution < 1.29 is 4.74 Å². The summed E-state index contributed by atoms with van der Waals surface area (Å²) < 4.78 is 5.11. The van der Waals surface area contributed by atoms with Crippen molar-refractivity contribution in [3.05, 3.63) is 0 Å². The first-order valence-electron chi connectivity index (χ1n) is 5.19. The summed E-state index contributed by atoms with van der Waals surface area (Å²) in [5.74, 6) is 1.23. The van der Waals surface area contributed by atoms with Crippen molar-refractivity contribution in [3.8, 4) is 0 Å². The Bertz CT molecular complexity index is 180. The summed E-state index contributed by atoms with van der Waals surface area (Å²) in [5, 5.41) is 0.634. The van der Waals surface area contributed by atoms with Crippen LogP contribution in [0.2, 0.25) is 0 Å². The van der Waals surface area contributed by atoms with E-state index in [0.29, 0.717) is 5.25 Å². The second-order valence-corrected chi connectivity index (χ2v) is 5.43. The molecule has 14 heavy (non-hydrogen) atoms. The quantitative estimate of drug-likeness (QED) is 0.740. The molecule has 0 aromatic heterocycles. The van der Waals surface area contributed by atoms with Gasteiger partial charge in [-0.25, -0.2) is 0 Å². The summed E-state index contributed by atoms with van der Waals surface area (Å²) in [6.45, 7) is 4.80. The molecule has 0 aromatic carbocycles. The van der Waals surface area contributed by atoms with Crippen LogP contribution in [0.3, 0.4) is 0 Å². The molecule has 1 heterocycles. The van der Waals surface area contributed by atoms with E-state index in [1.807, 2.05) is 11.8 Å². The molecule has 0 aliphatic carbocycles. The van der Waals surface area contributed by atoms with E-state index in [-0.39, 0.29) is 5.54 Å². The van der Waals surface area contributed by atoms with Gasteiger partial charge in [-0.1, -0.05) is 6.92 Å². The molecular formula is C10H22N2OS. The van der Waals surface area contributed by atoms with Crippen molar-refractivity contribution in [2.24, 2.45) is 5.73 Å². The minimum Gasteiger partial charge on any atom is -0.383 e. The Kier molecular flexibility index (Phi) is 4.70. The van der Waals surface area contributed by atoms with Crippen LogP contribution < -0.4 is 5.73 Å². The van der Waals surface area contributed by atoms with E-state index < -0.39 is 0 Å². The largest absolute Gasteiger partial charge is 0.383 e. The van der Waals surface area contributed by atoms with E-state index in [4.69, 9.17) is 10.5 Å². The van der Waals surface area contributed by atoms with Gasteiger partial charge in [0.1, 0.15) is 0 Å². The predicted molar refractivity (Wildman–Crippen MR) is 62.8 cm³/mol. The van der Waals surface area contributed by atoms with Crippen LogP contribution in [0.1, 0.15) is 13.3 Å². The summed E-state index contributed by atoms with van der Waals surface area (Å²) in [6.07, 6.45) is 1.20. The van der Waals surface area contributed by atoms with Crippen LogP contribution in [0.5, 0.6) is 0 Å². The average molecular weight is 218 g/mol. The molecule has 84 valence electrons. The molecule has 1 aliphatic rings. The zero-order valence-corrected chi connectivity index (χ0v) is 10.3. The highest BCUT2D eigenvalue weighted by Crippen LogP contribution is 2.38. The number of thioether (sulfide) groups is 1. The molecule has 3 nitrogen and oxygen atoms in total. The fourth-order valence-corrected chi connectivity index (χ4v) is 3.68. The lowest BCUT2D eigenvalue weighted by Crippen LogP contribution is -2.56. The van der Waals surface area contributed by atoms with Crippen molar-refractivity contribution >= 4 is 11.8 Å². The summed E-state index contributed by atoms with van der Waals surface area (Å²) in [6, 6.07) is 0. The topological polar surface area (TPSA) is 38.5 Å². The van der Waals surface area contributed by atoms with Crippen LogP contribution in [0.4, 0.5) is 0 Å². The predicted octanol–water partition coefficient (Wildman–Crippen LogP) is 0.788. The van der Waals surface area contributed by atoms with Crippen molar-refractivity contribution in [1.29, 1.82) is 0 Å². The molecule has 0 bridgehead atoms.